The summed E-state index contributed by atoms with van der Waals surface area (Å²) in [5, 5.41) is 17.9. The Morgan fingerprint density at radius 2 is 1.89 bits per heavy atom. The van der Waals surface area contributed by atoms with Gasteiger partial charge < -0.3 is 0 Å². The Labute approximate surface area is 97.0 Å². The Morgan fingerprint density at radius 1 is 1.28 bits per heavy atom. The van der Waals surface area contributed by atoms with Gasteiger partial charge in [-0.25, -0.2) is 4.98 Å². The van der Waals surface area contributed by atoms with Crippen LogP contribution in [0, 0.1) is 10.1 Å². The van der Waals surface area contributed by atoms with Crippen LogP contribution < -0.4 is 0 Å². The molecule has 2 heterocycles. The van der Waals surface area contributed by atoms with Gasteiger partial charge in [0.05, 0.1) is 22.9 Å². The predicted molar refractivity (Wildman–Crippen MR) is 50.8 cm³/mol. The molecule has 2 aromatic heterocycles. The number of nitrogens with zero attached hydrogens (tertiary/aromatic N) is 5. The molecule has 0 aliphatic heterocycles. The number of alkyl halides is 3. The van der Waals surface area contributed by atoms with E-state index in [2.05, 4.69) is 15.2 Å². The van der Waals surface area contributed by atoms with Crippen LogP contribution in [0.2, 0.25) is 0 Å². The van der Waals surface area contributed by atoms with Crippen LogP contribution in [0.1, 0.15) is 5.56 Å². The van der Waals surface area contributed by atoms with Gasteiger partial charge in [-0.1, -0.05) is 0 Å². The number of hydrogen-bond acceptors (Lipinski definition) is 5. The van der Waals surface area contributed by atoms with Gasteiger partial charge in [-0.05, 0) is 0 Å². The fraction of sp³-hybridized carbons (Fsp3) is 0.125. The topological polar surface area (TPSA) is 86.7 Å². The molecule has 0 unspecified atom stereocenters. The van der Waals surface area contributed by atoms with Crippen molar-refractivity contribution in [3.63, 3.8) is 0 Å². The van der Waals surface area contributed by atoms with Crippen LogP contribution in [0.5, 0.6) is 0 Å². The summed E-state index contributed by atoms with van der Waals surface area (Å²) in [7, 11) is 0. The third-order valence-corrected chi connectivity index (χ3v) is 1.98. The summed E-state index contributed by atoms with van der Waals surface area (Å²) in [5.41, 5.74) is -2.02. The van der Waals surface area contributed by atoms with Gasteiger partial charge in [0, 0.05) is 12.3 Å². The van der Waals surface area contributed by atoms with Gasteiger partial charge in [0.25, 0.3) is 5.82 Å². The lowest BCUT2D eigenvalue weighted by Crippen LogP contribution is -2.11. The van der Waals surface area contributed by atoms with E-state index in [1.807, 2.05) is 0 Å². The molecule has 7 nitrogen and oxygen atoms in total. The molecule has 0 aromatic carbocycles. The SMILES string of the molecule is O=[N+]([O-])c1cc(C(F)(F)F)cnc1-n1nccn1. The molecular formula is C8H4F3N5O2. The van der Waals surface area contributed by atoms with Crippen LogP contribution in [0.15, 0.2) is 24.7 Å². The van der Waals surface area contributed by atoms with Crippen molar-refractivity contribution in [2.75, 3.05) is 0 Å². The van der Waals surface area contributed by atoms with E-state index in [0.29, 0.717) is 12.3 Å². The molecule has 0 atom stereocenters. The third-order valence-electron chi connectivity index (χ3n) is 1.98. The van der Waals surface area contributed by atoms with Crippen molar-refractivity contribution in [1.82, 2.24) is 20.0 Å². The van der Waals surface area contributed by atoms with E-state index in [1.54, 1.807) is 0 Å². The van der Waals surface area contributed by atoms with Crippen molar-refractivity contribution in [2.24, 2.45) is 0 Å². The second kappa shape index (κ2) is 4.05. The lowest BCUT2D eigenvalue weighted by Gasteiger charge is -2.07. The number of rotatable bonds is 2. The summed E-state index contributed by atoms with van der Waals surface area (Å²) in [6.07, 6.45) is -1.76. The van der Waals surface area contributed by atoms with E-state index in [9.17, 15) is 23.3 Å². The van der Waals surface area contributed by atoms with Crippen LogP contribution in [-0.2, 0) is 6.18 Å². The number of pyridine rings is 1. The molecule has 0 fully saturated rings. The summed E-state index contributed by atoms with van der Waals surface area (Å²) < 4.78 is 37.2. The van der Waals surface area contributed by atoms with Crippen molar-refractivity contribution in [3.8, 4) is 5.82 Å². The third kappa shape index (κ3) is 2.12. The average molecular weight is 259 g/mol. The van der Waals surface area contributed by atoms with E-state index in [0.717, 1.165) is 4.80 Å². The van der Waals surface area contributed by atoms with Gasteiger partial charge >= 0.3 is 11.9 Å². The van der Waals surface area contributed by atoms with E-state index in [1.165, 1.54) is 12.4 Å². The standard InChI is InChI=1S/C8H4F3N5O2/c9-8(10,11)5-3-6(16(17)18)7(12-4-5)15-13-1-2-14-15/h1-4H. The van der Waals surface area contributed by atoms with Gasteiger partial charge in [0.1, 0.15) is 0 Å². The van der Waals surface area contributed by atoms with Gasteiger partial charge in [0.15, 0.2) is 0 Å². The Kier molecular flexibility index (Phi) is 2.69. The minimum atomic E-state index is -4.70. The van der Waals surface area contributed by atoms with Crippen LogP contribution in [0.4, 0.5) is 18.9 Å². The fourth-order valence-electron chi connectivity index (χ4n) is 1.21. The molecule has 0 bridgehead atoms. The van der Waals surface area contributed by atoms with Crippen molar-refractivity contribution < 1.29 is 18.1 Å². The molecule has 0 N–H and O–H groups in total. The second-order valence-electron chi connectivity index (χ2n) is 3.14. The first-order valence-corrected chi connectivity index (χ1v) is 4.48. The zero-order valence-corrected chi connectivity index (χ0v) is 8.50. The van der Waals surface area contributed by atoms with Crippen LogP contribution in [-0.4, -0.2) is 24.9 Å². The van der Waals surface area contributed by atoms with E-state index < -0.39 is 22.4 Å². The quantitative estimate of drug-likeness (QED) is 0.603. The lowest BCUT2D eigenvalue weighted by molar-refractivity contribution is -0.385. The van der Waals surface area contributed by atoms with Crippen LogP contribution >= 0.6 is 0 Å². The van der Waals surface area contributed by atoms with Gasteiger partial charge in [-0.2, -0.15) is 23.4 Å². The largest absolute Gasteiger partial charge is 0.418 e. The fourth-order valence-corrected chi connectivity index (χ4v) is 1.21. The van der Waals surface area contributed by atoms with Crippen molar-refractivity contribution in [3.05, 3.63) is 40.3 Å². The number of aromatic nitrogens is 4. The molecule has 10 heteroatoms. The normalized spacial score (nSPS) is 11.5. The first-order chi connectivity index (χ1) is 8.39. The molecule has 0 saturated carbocycles. The maximum Gasteiger partial charge on any atom is 0.418 e. The smallest absolute Gasteiger partial charge is 0.258 e. The lowest BCUT2D eigenvalue weighted by atomic mass is 10.2. The van der Waals surface area contributed by atoms with Crippen LogP contribution in [0.3, 0.4) is 0 Å². The summed E-state index contributed by atoms with van der Waals surface area (Å²) in [5.74, 6) is -0.377. The molecule has 0 aliphatic carbocycles. The van der Waals surface area contributed by atoms with E-state index >= 15 is 0 Å². The minimum Gasteiger partial charge on any atom is -0.258 e. The number of halogens is 3. The highest BCUT2D eigenvalue weighted by Crippen LogP contribution is 2.32. The predicted octanol–water partition coefficient (Wildman–Crippen LogP) is 1.59. The first kappa shape index (κ1) is 12.0. The zero-order valence-electron chi connectivity index (χ0n) is 8.50. The summed E-state index contributed by atoms with van der Waals surface area (Å²) in [6.45, 7) is 0. The Bertz CT molecular complexity index is 581. The van der Waals surface area contributed by atoms with Gasteiger partial charge in [0.2, 0.25) is 0 Å². The average Bonchev–Trinajstić information content (AvgIpc) is 2.80. The Hall–Kier alpha value is -2.52. The molecule has 0 saturated heterocycles. The van der Waals surface area contributed by atoms with Crippen molar-refractivity contribution in [1.29, 1.82) is 0 Å². The molecule has 18 heavy (non-hydrogen) atoms. The second-order valence-corrected chi connectivity index (χ2v) is 3.14. The monoisotopic (exact) mass is 259 g/mol. The van der Waals surface area contributed by atoms with Crippen molar-refractivity contribution >= 4 is 5.69 Å². The number of hydrogen-bond donors (Lipinski definition) is 0. The molecule has 94 valence electrons. The zero-order chi connectivity index (χ0) is 13.3. The molecular weight excluding hydrogens is 255 g/mol. The summed E-state index contributed by atoms with van der Waals surface area (Å²) >= 11 is 0. The highest BCUT2D eigenvalue weighted by molar-refractivity contribution is 5.47. The van der Waals surface area contributed by atoms with Gasteiger partial charge in [-0.15, -0.1) is 4.80 Å². The maximum absolute atomic E-state index is 12.4. The Morgan fingerprint density at radius 3 is 2.39 bits per heavy atom. The summed E-state index contributed by atoms with van der Waals surface area (Å²) in [4.78, 5) is 13.9. The minimum absolute atomic E-state index is 0.377. The maximum atomic E-state index is 12.4. The van der Waals surface area contributed by atoms with Crippen molar-refractivity contribution in [2.45, 2.75) is 6.18 Å². The highest BCUT2D eigenvalue weighted by Gasteiger charge is 2.34. The molecule has 0 spiro atoms. The van der Waals surface area contributed by atoms with E-state index in [-0.39, 0.29) is 5.82 Å². The van der Waals surface area contributed by atoms with Crippen LogP contribution in [0.25, 0.3) is 5.82 Å². The summed E-state index contributed by atoms with van der Waals surface area (Å²) in [6, 6.07) is 0.395. The molecule has 0 amide bonds. The molecule has 0 radical (unpaired) electrons. The molecule has 2 rings (SSSR count). The Balaban J connectivity index is 2.59. The number of nitro groups is 1. The van der Waals surface area contributed by atoms with E-state index in [4.69, 9.17) is 0 Å². The highest BCUT2D eigenvalue weighted by atomic mass is 19.4. The van der Waals surface area contributed by atoms with Gasteiger partial charge in [-0.3, -0.25) is 10.1 Å². The first-order valence-electron chi connectivity index (χ1n) is 4.48. The molecule has 2 aromatic rings. The molecule has 0 aliphatic rings.